The Morgan fingerprint density at radius 3 is 2.94 bits per heavy atom. The highest BCUT2D eigenvalue weighted by atomic mass is 35.5. The first-order chi connectivity index (χ1) is 8.67. The third-order valence-corrected chi connectivity index (χ3v) is 4.84. The van der Waals surface area contributed by atoms with Crippen molar-refractivity contribution >= 4 is 52.0 Å². The number of esters is 1. The molecule has 0 bridgehead atoms. The lowest BCUT2D eigenvalue weighted by Crippen LogP contribution is -2.07. The molecule has 0 aromatic carbocycles. The van der Waals surface area contributed by atoms with Gasteiger partial charge in [-0.1, -0.05) is 34.3 Å². The van der Waals surface area contributed by atoms with E-state index in [0.29, 0.717) is 16.0 Å². The maximum atomic E-state index is 11.3. The number of aromatic nitrogens is 3. The molecule has 0 fully saturated rings. The minimum atomic E-state index is -0.289. The van der Waals surface area contributed by atoms with Gasteiger partial charge in [0.05, 0.1) is 19.2 Å². The number of hydrogen-bond donors (Lipinski definition) is 0. The van der Waals surface area contributed by atoms with E-state index in [4.69, 9.17) is 16.3 Å². The molecule has 0 N–H and O–H groups in total. The van der Waals surface area contributed by atoms with Crippen molar-refractivity contribution in [3.63, 3.8) is 0 Å². The molecule has 9 heteroatoms. The first-order valence-corrected chi connectivity index (χ1v) is 7.77. The van der Waals surface area contributed by atoms with Crippen LogP contribution in [0.4, 0.5) is 0 Å². The van der Waals surface area contributed by atoms with Crippen molar-refractivity contribution in [3.8, 4) is 0 Å². The van der Waals surface area contributed by atoms with Crippen molar-refractivity contribution in [1.82, 2.24) is 15.2 Å². The van der Waals surface area contributed by atoms with Crippen LogP contribution in [0.2, 0.25) is 4.34 Å². The summed E-state index contributed by atoms with van der Waals surface area (Å²) in [6, 6.07) is 0. The number of rotatable bonds is 5. The minimum absolute atomic E-state index is 0.157. The standard InChI is InChI=1S/C9H8ClN3O2S3/c1-2-15-7(14)3-6-12-13-9(17-6)18-8-11-4-5(10)16-8/h4H,2-3H2,1H3. The summed E-state index contributed by atoms with van der Waals surface area (Å²) in [6.45, 7) is 2.14. The smallest absolute Gasteiger partial charge is 0.312 e. The number of hydrogen-bond acceptors (Lipinski definition) is 8. The van der Waals surface area contributed by atoms with E-state index in [1.807, 2.05) is 0 Å². The topological polar surface area (TPSA) is 65.0 Å². The van der Waals surface area contributed by atoms with Crippen molar-refractivity contribution < 1.29 is 9.53 Å². The maximum absolute atomic E-state index is 11.3. The van der Waals surface area contributed by atoms with Crippen LogP contribution in [-0.4, -0.2) is 27.8 Å². The second-order valence-electron chi connectivity index (χ2n) is 2.98. The molecule has 2 aromatic heterocycles. The van der Waals surface area contributed by atoms with E-state index in [-0.39, 0.29) is 12.4 Å². The second kappa shape index (κ2) is 6.46. The zero-order valence-electron chi connectivity index (χ0n) is 9.25. The van der Waals surface area contributed by atoms with Gasteiger partial charge in [-0.05, 0) is 18.7 Å². The van der Waals surface area contributed by atoms with Gasteiger partial charge in [0.15, 0.2) is 8.68 Å². The fourth-order valence-electron chi connectivity index (χ4n) is 1.05. The molecule has 0 spiro atoms. The van der Waals surface area contributed by atoms with Gasteiger partial charge in [0, 0.05) is 0 Å². The van der Waals surface area contributed by atoms with Crippen LogP contribution in [0.5, 0.6) is 0 Å². The molecule has 0 unspecified atom stereocenters. The van der Waals surface area contributed by atoms with Crippen LogP contribution in [0.15, 0.2) is 14.9 Å². The summed E-state index contributed by atoms with van der Waals surface area (Å²) < 4.78 is 7.02. The number of nitrogens with zero attached hydrogens (tertiary/aromatic N) is 3. The van der Waals surface area contributed by atoms with Gasteiger partial charge in [-0.3, -0.25) is 4.79 Å². The summed E-state index contributed by atoms with van der Waals surface area (Å²) in [5.41, 5.74) is 0. The Morgan fingerprint density at radius 1 is 1.44 bits per heavy atom. The average molecular weight is 322 g/mol. The molecule has 0 amide bonds. The number of halogens is 1. The SMILES string of the molecule is CCOC(=O)Cc1nnc(Sc2ncc(Cl)s2)s1. The molecular weight excluding hydrogens is 314 g/mol. The largest absolute Gasteiger partial charge is 0.466 e. The fourth-order valence-corrected chi connectivity index (χ4v) is 4.25. The third-order valence-electron chi connectivity index (χ3n) is 1.68. The minimum Gasteiger partial charge on any atom is -0.466 e. The van der Waals surface area contributed by atoms with E-state index < -0.39 is 0 Å². The maximum Gasteiger partial charge on any atom is 0.312 e. The molecule has 0 saturated heterocycles. The molecule has 0 radical (unpaired) electrons. The van der Waals surface area contributed by atoms with Gasteiger partial charge in [-0.15, -0.1) is 10.2 Å². The van der Waals surface area contributed by atoms with Crippen LogP contribution in [0.1, 0.15) is 11.9 Å². The molecule has 5 nitrogen and oxygen atoms in total. The molecule has 0 atom stereocenters. The predicted molar refractivity (Wildman–Crippen MR) is 71.5 cm³/mol. The predicted octanol–water partition coefficient (Wildman–Crippen LogP) is 2.90. The third kappa shape index (κ3) is 3.91. The van der Waals surface area contributed by atoms with Crippen LogP contribution in [0.3, 0.4) is 0 Å². The summed E-state index contributed by atoms with van der Waals surface area (Å²) in [4.78, 5) is 15.4. The Kier molecular flexibility index (Phi) is 4.93. The van der Waals surface area contributed by atoms with Gasteiger partial charge in [0.2, 0.25) is 0 Å². The molecule has 2 rings (SSSR count). The lowest BCUT2D eigenvalue weighted by Gasteiger charge is -1.96. The van der Waals surface area contributed by atoms with Gasteiger partial charge in [-0.2, -0.15) is 0 Å². The summed E-state index contributed by atoms with van der Waals surface area (Å²) in [7, 11) is 0. The van der Waals surface area contributed by atoms with E-state index in [9.17, 15) is 4.79 Å². The van der Waals surface area contributed by atoms with Gasteiger partial charge in [0.25, 0.3) is 0 Å². The van der Waals surface area contributed by atoms with Crippen LogP contribution in [0.25, 0.3) is 0 Å². The molecule has 0 aliphatic heterocycles. The highest BCUT2D eigenvalue weighted by molar-refractivity contribution is 8.02. The Balaban J connectivity index is 1.95. The van der Waals surface area contributed by atoms with Crippen molar-refractivity contribution in [2.45, 2.75) is 22.0 Å². The molecular formula is C9H8ClN3O2S3. The lowest BCUT2D eigenvalue weighted by molar-refractivity contribution is -0.142. The molecule has 0 saturated carbocycles. The first kappa shape index (κ1) is 13.7. The van der Waals surface area contributed by atoms with Crippen molar-refractivity contribution in [3.05, 3.63) is 15.5 Å². The number of carbonyl (C=O) groups excluding carboxylic acids is 1. The van der Waals surface area contributed by atoms with Crippen LogP contribution >= 0.6 is 46.0 Å². The summed E-state index contributed by atoms with van der Waals surface area (Å²) in [5, 5.41) is 8.55. The molecule has 2 aromatic rings. The molecule has 2 heterocycles. The summed E-state index contributed by atoms with van der Waals surface area (Å²) in [5.74, 6) is -0.289. The summed E-state index contributed by atoms with van der Waals surface area (Å²) >= 11 is 9.90. The number of ether oxygens (including phenoxy) is 1. The van der Waals surface area contributed by atoms with Crippen molar-refractivity contribution in [2.24, 2.45) is 0 Å². The molecule has 0 aliphatic rings. The van der Waals surface area contributed by atoms with E-state index >= 15 is 0 Å². The molecule has 96 valence electrons. The van der Waals surface area contributed by atoms with Gasteiger partial charge in [-0.25, -0.2) is 4.98 Å². The van der Waals surface area contributed by atoms with Gasteiger partial charge >= 0.3 is 5.97 Å². The zero-order valence-corrected chi connectivity index (χ0v) is 12.5. The first-order valence-electron chi connectivity index (χ1n) is 4.94. The second-order valence-corrected chi connectivity index (χ2v) is 7.19. The van der Waals surface area contributed by atoms with Gasteiger partial charge < -0.3 is 4.74 Å². The van der Waals surface area contributed by atoms with E-state index in [0.717, 1.165) is 8.68 Å². The highest BCUT2D eigenvalue weighted by Crippen LogP contribution is 2.34. The Labute approximate surface area is 121 Å². The van der Waals surface area contributed by atoms with E-state index in [1.54, 1.807) is 13.1 Å². The van der Waals surface area contributed by atoms with E-state index in [2.05, 4.69) is 15.2 Å². The quantitative estimate of drug-likeness (QED) is 0.789. The zero-order chi connectivity index (χ0) is 13.0. The average Bonchev–Trinajstić information content (AvgIpc) is 2.89. The molecule has 18 heavy (non-hydrogen) atoms. The van der Waals surface area contributed by atoms with Crippen LogP contribution < -0.4 is 0 Å². The lowest BCUT2D eigenvalue weighted by atomic mass is 10.5. The van der Waals surface area contributed by atoms with Gasteiger partial charge in [0.1, 0.15) is 9.34 Å². The van der Waals surface area contributed by atoms with Crippen LogP contribution in [0, 0.1) is 0 Å². The Hall–Kier alpha value is -0.700. The van der Waals surface area contributed by atoms with Crippen LogP contribution in [-0.2, 0) is 16.0 Å². The molecule has 0 aliphatic carbocycles. The normalized spacial score (nSPS) is 10.6. The Bertz CT molecular complexity index is 543. The summed E-state index contributed by atoms with van der Waals surface area (Å²) in [6.07, 6.45) is 1.75. The van der Waals surface area contributed by atoms with E-state index in [1.165, 1.54) is 34.4 Å². The fraction of sp³-hybridized carbons (Fsp3) is 0.333. The Morgan fingerprint density at radius 2 is 2.28 bits per heavy atom. The number of carbonyl (C=O) groups is 1. The van der Waals surface area contributed by atoms with Crippen molar-refractivity contribution in [2.75, 3.05) is 6.61 Å². The van der Waals surface area contributed by atoms with Crippen molar-refractivity contribution in [1.29, 1.82) is 0 Å². The number of thiazole rings is 1. The monoisotopic (exact) mass is 321 g/mol. The highest BCUT2D eigenvalue weighted by Gasteiger charge is 2.12.